The quantitative estimate of drug-likeness (QED) is 0.925. The molecule has 3 rings (SSSR count). The number of amides is 2. The van der Waals surface area contributed by atoms with Gasteiger partial charge in [-0.3, -0.25) is 4.98 Å². The number of aromatic nitrogens is 1. The third-order valence-electron chi connectivity index (χ3n) is 4.41. The van der Waals surface area contributed by atoms with E-state index in [9.17, 15) is 4.79 Å². The molecule has 0 radical (unpaired) electrons. The average molecular weight is 309 g/mol. The second kappa shape index (κ2) is 6.41. The van der Waals surface area contributed by atoms with Gasteiger partial charge in [-0.2, -0.15) is 0 Å². The maximum Gasteiger partial charge on any atom is 0.317 e. The molecule has 0 spiro atoms. The number of aryl methyl sites for hydroxylation is 3. The van der Waals surface area contributed by atoms with Crippen molar-refractivity contribution in [3.05, 3.63) is 64.0 Å². The summed E-state index contributed by atoms with van der Waals surface area (Å²) < 4.78 is 0. The fraction of sp³-hybridized carbons (Fsp3) is 0.368. The van der Waals surface area contributed by atoms with Crippen molar-refractivity contribution < 1.29 is 4.79 Å². The Hall–Kier alpha value is -2.36. The number of rotatable bonds is 2. The second-order valence-electron chi connectivity index (χ2n) is 6.36. The van der Waals surface area contributed by atoms with E-state index in [4.69, 9.17) is 0 Å². The van der Waals surface area contributed by atoms with Crippen molar-refractivity contribution in [2.45, 2.75) is 40.3 Å². The first-order valence-electron chi connectivity index (χ1n) is 8.06. The SMILES string of the molecule is Cc1cc(C)c2c(c1)CCN(C(=O)NCc1ccc(C)nc1)C2. The van der Waals surface area contributed by atoms with E-state index in [1.54, 1.807) is 0 Å². The summed E-state index contributed by atoms with van der Waals surface area (Å²) in [5, 5.41) is 3.00. The van der Waals surface area contributed by atoms with Gasteiger partial charge in [-0.05, 0) is 55.5 Å². The van der Waals surface area contributed by atoms with Crippen LogP contribution in [0.15, 0.2) is 30.5 Å². The third kappa shape index (κ3) is 3.52. The van der Waals surface area contributed by atoms with Crippen LogP contribution in [-0.2, 0) is 19.5 Å². The molecular formula is C19H23N3O. The van der Waals surface area contributed by atoms with Crippen LogP contribution in [-0.4, -0.2) is 22.5 Å². The van der Waals surface area contributed by atoms with Crippen LogP contribution in [0.3, 0.4) is 0 Å². The first-order chi connectivity index (χ1) is 11.0. The smallest absolute Gasteiger partial charge is 0.317 e. The largest absolute Gasteiger partial charge is 0.334 e. The van der Waals surface area contributed by atoms with Crippen LogP contribution in [0.1, 0.15) is 33.5 Å². The van der Waals surface area contributed by atoms with Gasteiger partial charge in [-0.15, -0.1) is 0 Å². The molecule has 0 atom stereocenters. The van der Waals surface area contributed by atoms with Crippen LogP contribution in [0, 0.1) is 20.8 Å². The average Bonchev–Trinajstić information content (AvgIpc) is 2.53. The molecule has 4 heteroatoms. The Morgan fingerprint density at radius 2 is 2.09 bits per heavy atom. The maximum absolute atomic E-state index is 12.4. The van der Waals surface area contributed by atoms with Gasteiger partial charge >= 0.3 is 6.03 Å². The van der Waals surface area contributed by atoms with E-state index in [1.165, 1.54) is 22.3 Å². The molecular weight excluding hydrogens is 286 g/mol. The Bertz CT molecular complexity index is 722. The highest BCUT2D eigenvalue weighted by Gasteiger charge is 2.21. The fourth-order valence-corrected chi connectivity index (χ4v) is 3.13. The molecule has 0 saturated heterocycles. The molecule has 0 bridgehead atoms. The van der Waals surface area contributed by atoms with Gasteiger partial charge < -0.3 is 10.2 Å². The number of nitrogens with zero attached hydrogens (tertiary/aromatic N) is 2. The minimum Gasteiger partial charge on any atom is -0.334 e. The molecule has 1 aliphatic heterocycles. The Morgan fingerprint density at radius 1 is 1.26 bits per heavy atom. The van der Waals surface area contributed by atoms with Crippen LogP contribution in [0.25, 0.3) is 0 Å². The number of fused-ring (bicyclic) bond motifs is 1. The summed E-state index contributed by atoms with van der Waals surface area (Å²) in [5.41, 5.74) is 7.26. The molecule has 1 aliphatic rings. The van der Waals surface area contributed by atoms with Gasteiger partial charge in [0.1, 0.15) is 0 Å². The van der Waals surface area contributed by atoms with Crippen molar-refractivity contribution in [2.75, 3.05) is 6.54 Å². The lowest BCUT2D eigenvalue weighted by Crippen LogP contribution is -2.42. The molecule has 2 aromatic rings. The van der Waals surface area contributed by atoms with Crippen molar-refractivity contribution in [1.82, 2.24) is 15.2 Å². The van der Waals surface area contributed by atoms with Crippen LogP contribution in [0.5, 0.6) is 0 Å². The van der Waals surface area contributed by atoms with E-state index >= 15 is 0 Å². The van der Waals surface area contributed by atoms with Crippen LogP contribution in [0.4, 0.5) is 4.79 Å². The van der Waals surface area contributed by atoms with Crippen molar-refractivity contribution >= 4 is 6.03 Å². The number of pyridine rings is 1. The van der Waals surface area contributed by atoms with E-state index < -0.39 is 0 Å². The number of hydrogen-bond acceptors (Lipinski definition) is 2. The first kappa shape index (κ1) is 15.5. The summed E-state index contributed by atoms with van der Waals surface area (Å²) in [6.07, 6.45) is 2.74. The van der Waals surface area contributed by atoms with Crippen LogP contribution < -0.4 is 5.32 Å². The number of nitrogens with one attached hydrogen (secondary N) is 1. The molecule has 120 valence electrons. The van der Waals surface area contributed by atoms with E-state index in [1.807, 2.05) is 30.2 Å². The van der Waals surface area contributed by atoms with Gasteiger partial charge in [0.05, 0.1) is 0 Å². The Morgan fingerprint density at radius 3 is 2.83 bits per heavy atom. The molecule has 4 nitrogen and oxygen atoms in total. The summed E-state index contributed by atoms with van der Waals surface area (Å²) in [7, 11) is 0. The summed E-state index contributed by atoms with van der Waals surface area (Å²) >= 11 is 0. The molecule has 2 amide bonds. The third-order valence-corrected chi connectivity index (χ3v) is 4.41. The van der Waals surface area contributed by atoms with Gasteiger partial charge in [0.25, 0.3) is 0 Å². The number of benzene rings is 1. The van der Waals surface area contributed by atoms with Crippen molar-refractivity contribution in [2.24, 2.45) is 0 Å². The lowest BCUT2D eigenvalue weighted by molar-refractivity contribution is 0.192. The zero-order valence-corrected chi connectivity index (χ0v) is 14.0. The lowest BCUT2D eigenvalue weighted by atomic mass is 9.93. The first-order valence-corrected chi connectivity index (χ1v) is 8.06. The van der Waals surface area contributed by atoms with E-state index in [0.717, 1.165) is 24.2 Å². The van der Waals surface area contributed by atoms with Gasteiger partial charge in [0.15, 0.2) is 0 Å². The molecule has 0 fully saturated rings. The Labute approximate surface area is 137 Å². The van der Waals surface area contributed by atoms with E-state index in [2.05, 4.69) is 36.3 Å². The molecule has 1 aromatic carbocycles. The van der Waals surface area contributed by atoms with Crippen LogP contribution >= 0.6 is 0 Å². The van der Waals surface area contributed by atoms with E-state index in [0.29, 0.717) is 13.1 Å². The van der Waals surface area contributed by atoms with Crippen molar-refractivity contribution in [1.29, 1.82) is 0 Å². The monoisotopic (exact) mass is 309 g/mol. The molecule has 1 aromatic heterocycles. The highest BCUT2D eigenvalue weighted by molar-refractivity contribution is 5.74. The second-order valence-corrected chi connectivity index (χ2v) is 6.36. The fourth-order valence-electron chi connectivity index (χ4n) is 3.13. The molecule has 1 N–H and O–H groups in total. The summed E-state index contributed by atoms with van der Waals surface area (Å²) in [6, 6.07) is 8.40. The van der Waals surface area contributed by atoms with Gasteiger partial charge in [-0.1, -0.05) is 23.8 Å². The standard InChI is InChI=1S/C19H23N3O/c1-13-8-14(2)18-12-22(7-6-17(18)9-13)19(23)21-11-16-5-4-15(3)20-10-16/h4-5,8-10H,6-7,11-12H2,1-3H3,(H,21,23). The van der Waals surface area contributed by atoms with Gasteiger partial charge in [0.2, 0.25) is 0 Å². The number of carbonyl (C=O) groups is 1. The molecule has 2 heterocycles. The Balaban J connectivity index is 1.64. The summed E-state index contributed by atoms with van der Waals surface area (Å²) in [5.74, 6) is 0. The number of urea groups is 1. The normalized spacial score (nSPS) is 13.6. The highest BCUT2D eigenvalue weighted by Crippen LogP contribution is 2.24. The zero-order chi connectivity index (χ0) is 16.4. The zero-order valence-electron chi connectivity index (χ0n) is 14.0. The minimum absolute atomic E-state index is 0.00352. The maximum atomic E-state index is 12.4. The number of carbonyl (C=O) groups excluding carboxylic acids is 1. The number of hydrogen-bond donors (Lipinski definition) is 1. The molecule has 0 saturated carbocycles. The minimum atomic E-state index is -0.00352. The molecule has 23 heavy (non-hydrogen) atoms. The molecule has 0 unspecified atom stereocenters. The lowest BCUT2D eigenvalue weighted by Gasteiger charge is -2.30. The molecule has 0 aliphatic carbocycles. The predicted octanol–water partition coefficient (Wildman–Crippen LogP) is 3.27. The summed E-state index contributed by atoms with van der Waals surface area (Å²) in [4.78, 5) is 18.6. The van der Waals surface area contributed by atoms with E-state index in [-0.39, 0.29) is 6.03 Å². The van der Waals surface area contributed by atoms with Gasteiger partial charge in [0, 0.05) is 31.5 Å². The Kier molecular flexibility index (Phi) is 4.33. The van der Waals surface area contributed by atoms with Crippen molar-refractivity contribution in [3.8, 4) is 0 Å². The summed E-state index contributed by atoms with van der Waals surface area (Å²) in [6.45, 7) is 8.19. The van der Waals surface area contributed by atoms with Gasteiger partial charge in [-0.25, -0.2) is 4.79 Å². The topological polar surface area (TPSA) is 45.2 Å². The predicted molar refractivity (Wildman–Crippen MR) is 91.2 cm³/mol. The van der Waals surface area contributed by atoms with Crippen LogP contribution in [0.2, 0.25) is 0 Å². The highest BCUT2D eigenvalue weighted by atomic mass is 16.2. The van der Waals surface area contributed by atoms with Crippen molar-refractivity contribution in [3.63, 3.8) is 0 Å².